The van der Waals surface area contributed by atoms with Crippen molar-refractivity contribution in [3.05, 3.63) is 35.6 Å². The monoisotopic (exact) mass is 291 g/mol. The van der Waals surface area contributed by atoms with Crippen molar-refractivity contribution in [1.29, 1.82) is 0 Å². The third kappa shape index (κ3) is 2.57. The second-order valence-corrected chi connectivity index (χ2v) is 6.44. The molecule has 2 aliphatic carbocycles. The van der Waals surface area contributed by atoms with E-state index in [1.54, 1.807) is 18.2 Å². The fraction of sp³-hybridized carbons (Fsp3) is 0.588. The zero-order valence-corrected chi connectivity index (χ0v) is 12.3. The molecule has 2 N–H and O–H groups in total. The molecule has 3 rings (SSSR count). The number of benzene rings is 1. The minimum atomic E-state index is -0.666. The number of halogens is 1. The van der Waals surface area contributed by atoms with Crippen LogP contribution in [0.15, 0.2) is 24.3 Å². The molecule has 1 aromatic carbocycles. The SMILES string of the molecule is CC[C@H](NC(=O)C1(c2ccccc2F)CC1)C1CC(O)C1. The maximum Gasteiger partial charge on any atom is 0.230 e. The summed E-state index contributed by atoms with van der Waals surface area (Å²) in [5, 5.41) is 12.5. The molecule has 21 heavy (non-hydrogen) atoms. The molecule has 1 atom stereocenters. The van der Waals surface area contributed by atoms with Gasteiger partial charge in [0.25, 0.3) is 0 Å². The molecule has 0 aromatic heterocycles. The van der Waals surface area contributed by atoms with Gasteiger partial charge in [0.05, 0.1) is 11.5 Å². The van der Waals surface area contributed by atoms with Crippen molar-refractivity contribution in [2.45, 2.75) is 56.6 Å². The molecule has 0 spiro atoms. The molecule has 4 heteroatoms. The van der Waals surface area contributed by atoms with Gasteiger partial charge in [-0.1, -0.05) is 25.1 Å². The van der Waals surface area contributed by atoms with Crippen LogP contribution in [0.2, 0.25) is 0 Å². The molecular weight excluding hydrogens is 269 g/mol. The van der Waals surface area contributed by atoms with E-state index in [-0.39, 0.29) is 23.9 Å². The van der Waals surface area contributed by atoms with Gasteiger partial charge in [0.2, 0.25) is 5.91 Å². The zero-order chi connectivity index (χ0) is 15.0. The third-order valence-electron chi connectivity index (χ3n) is 5.05. The Bertz CT molecular complexity index is 535. The van der Waals surface area contributed by atoms with Crippen LogP contribution in [0.1, 0.15) is 44.6 Å². The smallest absolute Gasteiger partial charge is 0.230 e. The number of carbonyl (C=O) groups excluding carboxylic acids is 1. The average Bonchev–Trinajstić information content (AvgIpc) is 3.23. The Kier molecular flexibility index (Phi) is 3.74. The molecule has 114 valence electrons. The van der Waals surface area contributed by atoms with Crippen LogP contribution in [-0.2, 0) is 10.2 Å². The van der Waals surface area contributed by atoms with Crippen molar-refractivity contribution in [3.8, 4) is 0 Å². The zero-order valence-electron chi connectivity index (χ0n) is 12.3. The molecule has 0 radical (unpaired) electrons. The van der Waals surface area contributed by atoms with Gasteiger partial charge in [-0.3, -0.25) is 4.79 Å². The Balaban J connectivity index is 1.71. The van der Waals surface area contributed by atoms with Crippen LogP contribution in [0.4, 0.5) is 4.39 Å². The standard InChI is InChI=1S/C17H22FNO2/c1-2-15(11-9-12(20)10-11)19-16(21)17(7-8-17)13-5-3-4-6-14(13)18/h3-6,11-12,15,20H,2,7-10H2,1H3,(H,19,21)/t11?,12?,15-/m0/s1. The molecule has 2 saturated carbocycles. The van der Waals surface area contributed by atoms with Crippen molar-refractivity contribution in [1.82, 2.24) is 5.32 Å². The van der Waals surface area contributed by atoms with E-state index < -0.39 is 5.41 Å². The summed E-state index contributed by atoms with van der Waals surface area (Å²) < 4.78 is 14.0. The predicted molar refractivity (Wildman–Crippen MR) is 78.3 cm³/mol. The second-order valence-electron chi connectivity index (χ2n) is 6.44. The Morgan fingerprint density at radius 2 is 2.10 bits per heavy atom. The van der Waals surface area contributed by atoms with Crippen LogP contribution in [0.25, 0.3) is 0 Å². The van der Waals surface area contributed by atoms with E-state index >= 15 is 0 Å². The van der Waals surface area contributed by atoms with Crippen LogP contribution in [-0.4, -0.2) is 23.2 Å². The number of hydrogen-bond donors (Lipinski definition) is 2. The normalized spacial score (nSPS) is 27.6. The van der Waals surface area contributed by atoms with Crippen LogP contribution in [0.5, 0.6) is 0 Å². The average molecular weight is 291 g/mol. The van der Waals surface area contributed by atoms with Gasteiger partial charge in [0, 0.05) is 11.6 Å². The van der Waals surface area contributed by atoms with Gasteiger partial charge < -0.3 is 10.4 Å². The Morgan fingerprint density at radius 1 is 1.43 bits per heavy atom. The summed E-state index contributed by atoms with van der Waals surface area (Å²) in [6, 6.07) is 6.66. The molecule has 1 aromatic rings. The lowest BCUT2D eigenvalue weighted by Gasteiger charge is -2.38. The number of aliphatic hydroxyl groups excluding tert-OH is 1. The number of amides is 1. The van der Waals surface area contributed by atoms with Crippen molar-refractivity contribution in [3.63, 3.8) is 0 Å². The fourth-order valence-electron chi connectivity index (χ4n) is 3.41. The molecule has 0 bridgehead atoms. The highest BCUT2D eigenvalue weighted by molar-refractivity contribution is 5.91. The minimum Gasteiger partial charge on any atom is -0.393 e. The number of carbonyl (C=O) groups is 1. The van der Waals surface area contributed by atoms with Gasteiger partial charge >= 0.3 is 0 Å². The number of rotatable bonds is 5. The minimum absolute atomic E-state index is 0.0548. The van der Waals surface area contributed by atoms with Crippen molar-refractivity contribution in [2.24, 2.45) is 5.92 Å². The highest BCUT2D eigenvalue weighted by Gasteiger charge is 2.53. The lowest BCUT2D eigenvalue weighted by atomic mass is 9.76. The van der Waals surface area contributed by atoms with Gasteiger partial charge in [0.1, 0.15) is 5.82 Å². The topological polar surface area (TPSA) is 49.3 Å². The summed E-state index contributed by atoms with van der Waals surface area (Å²) in [6.45, 7) is 2.04. The summed E-state index contributed by atoms with van der Waals surface area (Å²) in [5.74, 6) is 0.00322. The predicted octanol–water partition coefficient (Wildman–Crippen LogP) is 2.52. The van der Waals surface area contributed by atoms with E-state index in [2.05, 4.69) is 5.32 Å². The molecule has 0 saturated heterocycles. The Labute approximate surface area is 124 Å². The molecule has 0 unspecified atom stereocenters. The van der Waals surface area contributed by atoms with Gasteiger partial charge in [-0.2, -0.15) is 0 Å². The largest absolute Gasteiger partial charge is 0.393 e. The van der Waals surface area contributed by atoms with Crippen LogP contribution < -0.4 is 5.32 Å². The van der Waals surface area contributed by atoms with E-state index in [1.165, 1.54) is 6.07 Å². The second kappa shape index (κ2) is 5.41. The summed E-state index contributed by atoms with van der Waals surface area (Å²) >= 11 is 0. The molecule has 3 nitrogen and oxygen atoms in total. The van der Waals surface area contributed by atoms with Crippen LogP contribution in [0, 0.1) is 11.7 Å². The van der Waals surface area contributed by atoms with Crippen LogP contribution >= 0.6 is 0 Å². The van der Waals surface area contributed by atoms with Gasteiger partial charge in [-0.25, -0.2) is 4.39 Å². The first kappa shape index (κ1) is 14.5. The Morgan fingerprint density at radius 3 is 2.62 bits per heavy atom. The summed E-state index contributed by atoms with van der Waals surface area (Å²) in [7, 11) is 0. The third-order valence-corrected chi connectivity index (χ3v) is 5.05. The fourth-order valence-corrected chi connectivity index (χ4v) is 3.41. The quantitative estimate of drug-likeness (QED) is 0.876. The van der Waals surface area contributed by atoms with Gasteiger partial charge in [-0.15, -0.1) is 0 Å². The number of nitrogens with one attached hydrogen (secondary N) is 1. The van der Waals surface area contributed by atoms with Gasteiger partial charge in [0.15, 0.2) is 0 Å². The molecular formula is C17H22FNO2. The molecule has 1 amide bonds. The Hall–Kier alpha value is -1.42. The van der Waals surface area contributed by atoms with Crippen molar-refractivity contribution in [2.75, 3.05) is 0 Å². The molecule has 0 heterocycles. The lowest BCUT2D eigenvalue weighted by Crippen LogP contribution is -2.49. The summed E-state index contributed by atoms with van der Waals surface area (Å²) in [5.41, 5.74) is -0.146. The maximum absolute atomic E-state index is 14.0. The summed E-state index contributed by atoms with van der Waals surface area (Å²) in [4.78, 5) is 12.6. The van der Waals surface area contributed by atoms with E-state index in [0.717, 1.165) is 19.3 Å². The van der Waals surface area contributed by atoms with E-state index in [9.17, 15) is 14.3 Å². The van der Waals surface area contributed by atoms with Crippen molar-refractivity contribution >= 4 is 5.91 Å². The van der Waals surface area contributed by atoms with Gasteiger partial charge in [-0.05, 0) is 44.1 Å². The van der Waals surface area contributed by atoms with E-state index in [4.69, 9.17) is 0 Å². The first-order valence-electron chi connectivity index (χ1n) is 7.81. The van der Waals surface area contributed by atoms with E-state index in [0.29, 0.717) is 24.3 Å². The van der Waals surface area contributed by atoms with Crippen LogP contribution in [0.3, 0.4) is 0 Å². The molecule has 2 aliphatic rings. The highest BCUT2D eigenvalue weighted by atomic mass is 19.1. The first-order valence-corrected chi connectivity index (χ1v) is 7.81. The molecule has 2 fully saturated rings. The van der Waals surface area contributed by atoms with E-state index in [1.807, 2.05) is 6.92 Å². The lowest BCUT2D eigenvalue weighted by molar-refractivity contribution is -0.125. The molecule has 0 aliphatic heterocycles. The maximum atomic E-state index is 14.0. The highest BCUT2D eigenvalue weighted by Crippen LogP contribution is 2.49. The number of aliphatic hydroxyl groups is 1. The first-order chi connectivity index (χ1) is 10.1. The van der Waals surface area contributed by atoms with Crippen molar-refractivity contribution < 1.29 is 14.3 Å². The summed E-state index contributed by atoms with van der Waals surface area (Å²) in [6.07, 6.45) is 3.56. The number of hydrogen-bond acceptors (Lipinski definition) is 2.